The number of amides is 3. The number of hydrogen-bond acceptors (Lipinski definition) is 4. The first-order valence-electron chi connectivity index (χ1n) is 8.74. The van der Waals surface area contributed by atoms with Crippen molar-refractivity contribution >= 4 is 11.9 Å². The van der Waals surface area contributed by atoms with E-state index in [1.165, 1.54) is 0 Å². The van der Waals surface area contributed by atoms with E-state index in [2.05, 4.69) is 26.0 Å². The lowest BCUT2D eigenvalue weighted by molar-refractivity contribution is -0.125. The summed E-state index contributed by atoms with van der Waals surface area (Å²) < 4.78 is 1.78. The molecule has 0 aromatic carbocycles. The summed E-state index contributed by atoms with van der Waals surface area (Å²) in [5, 5.41) is 12.7. The molecule has 3 N–H and O–H groups in total. The van der Waals surface area contributed by atoms with Gasteiger partial charge in [-0.3, -0.25) is 4.79 Å². The van der Waals surface area contributed by atoms with Gasteiger partial charge >= 0.3 is 6.03 Å². The number of aryl methyl sites for hydroxylation is 2. The predicted octanol–water partition coefficient (Wildman–Crippen LogP) is 1.21. The molecule has 1 aliphatic rings. The van der Waals surface area contributed by atoms with Crippen molar-refractivity contribution in [2.45, 2.75) is 39.8 Å². The van der Waals surface area contributed by atoms with Crippen molar-refractivity contribution in [3.8, 4) is 5.82 Å². The van der Waals surface area contributed by atoms with Crippen LogP contribution >= 0.6 is 0 Å². The van der Waals surface area contributed by atoms with Gasteiger partial charge in [0.1, 0.15) is 6.04 Å². The van der Waals surface area contributed by atoms with Gasteiger partial charge in [-0.05, 0) is 43.9 Å². The quantitative estimate of drug-likeness (QED) is 0.766. The third kappa shape index (κ3) is 4.01. The molecule has 8 nitrogen and oxygen atoms in total. The summed E-state index contributed by atoms with van der Waals surface area (Å²) in [7, 11) is 0. The van der Waals surface area contributed by atoms with Crippen LogP contribution in [0.5, 0.6) is 0 Å². The zero-order valence-corrected chi connectivity index (χ0v) is 15.2. The van der Waals surface area contributed by atoms with Crippen LogP contribution in [-0.2, 0) is 11.3 Å². The summed E-state index contributed by atoms with van der Waals surface area (Å²) in [5.41, 5.74) is 2.82. The van der Waals surface area contributed by atoms with Crippen LogP contribution in [0.25, 0.3) is 5.82 Å². The fraction of sp³-hybridized carbons (Fsp3) is 0.444. The minimum atomic E-state index is -0.490. The Morgan fingerprint density at radius 3 is 2.81 bits per heavy atom. The normalized spacial score (nSPS) is 19.7. The Bertz CT molecular complexity index is 799. The van der Waals surface area contributed by atoms with Gasteiger partial charge in [0, 0.05) is 25.0 Å². The van der Waals surface area contributed by atoms with Crippen molar-refractivity contribution in [2.75, 3.05) is 6.54 Å². The maximum atomic E-state index is 12.1. The van der Waals surface area contributed by atoms with E-state index in [0.717, 1.165) is 29.2 Å². The van der Waals surface area contributed by atoms with Crippen LogP contribution in [0, 0.1) is 19.8 Å². The lowest BCUT2D eigenvalue weighted by atomic mass is 9.94. The number of rotatable bonds is 4. The molecule has 2 unspecified atom stereocenters. The van der Waals surface area contributed by atoms with E-state index in [-0.39, 0.29) is 17.9 Å². The van der Waals surface area contributed by atoms with Crippen LogP contribution in [0.15, 0.2) is 24.4 Å². The minimum Gasteiger partial charge on any atom is -0.354 e. The number of urea groups is 1. The Hall–Kier alpha value is -2.90. The summed E-state index contributed by atoms with van der Waals surface area (Å²) in [5.74, 6) is 0.725. The molecule has 26 heavy (non-hydrogen) atoms. The predicted molar refractivity (Wildman–Crippen MR) is 96.8 cm³/mol. The number of carbonyl (C=O) groups excluding carboxylic acids is 2. The number of hydrogen-bond donors (Lipinski definition) is 3. The van der Waals surface area contributed by atoms with Crippen molar-refractivity contribution < 1.29 is 9.59 Å². The van der Waals surface area contributed by atoms with Gasteiger partial charge in [-0.1, -0.05) is 13.0 Å². The Morgan fingerprint density at radius 2 is 2.19 bits per heavy atom. The smallest absolute Gasteiger partial charge is 0.315 e. The van der Waals surface area contributed by atoms with E-state index in [0.29, 0.717) is 13.1 Å². The zero-order chi connectivity index (χ0) is 18.7. The molecule has 0 spiro atoms. The fourth-order valence-corrected chi connectivity index (χ4v) is 3.05. The molecule has 1 aliphatic heterocycles. The second-order valence-corrected chi connectivity index (χ2v) is 6.73. The molecule has 8 heteroatoms. The molecule has 3 heterocycles. The first-order chi connectivity index (χ1) is 12.4. The lowest BCUT2D eigenvalue weighted by Gasteiger charge is -2.28. The Balaban J connectivity index is 1.55. The van der Waals surface area contributed by atoms with E-state index in [1.807, 2.05) is 39.0 Å². The van der Waals surface area contributed by atoms with Gasteiger partial charge in [-0.15, -0.1) is 0 Å². The van der Waals surface area contributed by atoms with Crippen LogP contribution in [-0.4, -0.2) is 39.3 Å². The zero-order valence-electron chi connectivity index (χ0n) is 15.2. The van der Waals surface area contributed by atoms with Crippen LogP contribution < -0.4 is 16.0 Å². The van der Waals surface area contributed by atoms with Crippen molar-refractivity contribution in [1.29, 1.82) is 0 Å². The molecule has 3 amide bonds. The number of piperidine rings is 1. The monoisotopic (exact) mass is 356 g/mol. The first kappa shape index (κ1) is 17.9. The van der Waals surface area contributed by atoms with Gasteiger partial charge in [0.15, 0.2) is 5.82 Å². The number of nitrogens with one attached hydrogen (secondary N) is 3. The van der Waals surface area contributed by atoms with Crippen molar-refractivity contribution in [1.82, 2.24) is 30.7 Å². The maximum absolute atomic E-state index is 12.1. The van der Waals surface area contributed by atoms with Gasteiger partial charge in [-0.2, -0.15) is 5.10 Å². The number of aromatic nitrogens is 3. The third-order valence-corrected chi connectivity index (χ3v) is 4.53. The minimum absolute atomic E-state index is 0.121. The summed E-state index contributed by atoms with van der Waals surface area (Å²) in [6, 6.07) is 4.90. The molecule has 2 atom stereocenters. The molecule has 0 saturated carbocycles. The molecule has 2 aromatic rings. The van der Waals surface area contributed by atoms with Gasteiger partial charge in [0.2, 0.25) is 5.91 Å². The molecule has 3 rings (SSSR count). The molecule has 138 valence electrons. The molecular formula is C18H24N6O2. The number of nitrogens with zero attached hydrogens (tertiary/aromatic N) is 3. The number of pyridine rings is 1. The van der Waals surface area contributed by atoms with Crippen LogP contribution in [0.3, 0.4) is 0 Å². The molecule has 2 aromatic heterocycles. The summed E-state index contributed by atoms with van der Waals surface area (Å²) >= 11 is 0. The average molecular weight is 356 g/mol. The van der Waals surface area contributed by atoms with Gasteiger partial charge in [-0.25, -0.2) is 14.5 Å². The Kier molecular flexibility index (Phi) is 5.20. The standard InChI is InChI=1S/C18H24N6O2/c1-11-6-7-19-17(25)16(11)22-18(26)21-10-14-4-5-15(20-9-14)24-13(3)8-12(2)23-24/h4-5,8-9,11,16H,6-7,10H2,1-3H3,(H,19,25)(H2,21,22,26). The number of carbonyl (C=O) groups is 2. The maximum Gasteiger partial charge on any atom is 0.315 e. The van der Waals surface area contributed by atoms with Crippen molar-refractivity contribution in [3.05, 3.63) is 41.3 Å². The summed E-state index contributed by atoms with van der Waals surface area (Å²) in [4.78, 5) is 28.3. The molecule has 0 radical (unpaired) electrons. The molecular weight excluding hydrogens is 332 g/mol. The summed E-state index contributed by atoms with van der Waals surface area (Å²) in [6.07, 6.45) is 2.57. The van der Waals surface area contributed by atoms with E-state index in [4.69, 9.17) is 0 Å². The first-order valence-corrected chi connectivity index (χ1v) is 8.74. The highest BCUT2D eigenvalue weighted by Crippen LogP contribution is 2.12. The molecule has 0 bridgehead atoms. The highest BCUT2D eigenvalue weighted by Gasteiger charge is 2.29. The van der Waals surface area contributed by atoms with E-state index in [9.17, 15) is 9.59 Å². The SMILES string of the molecule is Cc1cc(C)n(-c2ccc(CNC(=O)NC3C(=O)NCCC3C)cn2)n1. The van der Waals surface area contributed by atoms with E-state index >= 15 is 0 Å². The Morgan fingerprint density at radius 1 is 1.38 bits per heavy atom. The molecule has 1 saturated heterocycles. The molecule has 1 fully saturated rings. The molecule has 0 aliphatic carbocycles. The van der Waals surface area contributed by atoms with Gasteiger partial charge in [0.05, 0.1) is 5.69 Å². The van der Waals surface area contributed by atoms with Crippen molar-refractivity contribution in [2.24, 2.45) is 5.92 Å². The lowest BCUT2D eigenvalue weighted by Crippen LogP contribution is -2.56. The van der Waals surface area contributed by atoms with E-state index < -0.39 is 6.04 Å². The topological polar surface area (TPSA) is 101 Å². The van der Waals surface area contributed by atoms with Crippen LogP contribution in [0.2, 0.25) is 0 Å². The van der Waals surface area contributed by atoms with Crippen molar-refractivity contribution in [3.63, 3.8) is 0 Å². The summed E-state index contributed by atoms with van der Waals surface area (Å²) in [6.45, 7) is 6.87. The van der Waals surface area contributed by atoms with Crippen LogP contribution in [0.4, 0.5) is 4.79 Å². The Labute approximate surface area is 152 Å². The van der Waals surface area contributed by atoms with Crippen LogP contribution in [0.1, 0.15) is 30.3 Å². The van der Waals surface area contributed by atoms with E-state index in [1.54, 1.807) is 10.9 Å². The average Bonchev–Trinajstić information content (AvgIpc) is 2.95. The van der Waals surface area contributed by atoms with Gasteiger partial charge in [0.25, 0.3) is 0 Å². The fourth-order valence-electron chi connectivity index (χ4n) is 3.05. The van der Waals surface area contributed by atoms with Gasteiger partial charge < -0.3 is 16.0 Å². The third-order valence-electron chi connectivity index (χ3n) is 4.53. The largest absolute Gasteiger partial charge is 0.354 e. The highest BCUT2D eigenvalue weighted by atomic mass is 16.2. The second kappa shape index (κ2) is 7.55. The second-order valence-electron chi connectivity index (χ2n) is 6.73. The highest BCUT2D eigenvalue weighted by molar-refractivity contribution is 5.87.